The van der Waals surface area contributed by atoms with Crippen LogP contribution in [0.2, 0.25) is 0 Å². The average molecular weight is 420 g/mol. The van der Waals surface area contributed by atoms with Crippen molar-refractivity contribution in [2.45, 2.75) is 26.3 Å². The number of amides is 1. The Kier molecular flexibility index (Phi) is 6.40. The van der Waals surface area contributed by atoms with Crippen molar-refractivity contribution in [2.75, 3.05) is 23.3 Å². The van der Waals surface area contributed by atoms with Gasteiger partial charge in [-0.1, -0.05) is 29.8 Å². The summed E-state index contributed by atoms with van der Waals surface area (Å²) >= 11 is 0. The van der Waals surface area contributed by atoms with Crippen LogP contribution in [0.5, 0.6) is 0 Å². The summed E-state index contributed by atoms with van der Waals surface area (Å²) in [6.45, 7) is 3.73. The molecule has 1 atom stereocenters. The van der Waals surface area contributed by atoms with Gasteiger partial charge in [-0.3, -0.25) is 4.79 Å². The SMILES string of the molecule is Cc1ccc(Nc2ccnc(N3CCCC(C(=O)NCc4cccc(F)c4)C3)n2)cc1. The van der Waals surface area contributed by atoms with Crippen LogP contribution in [0.1, 0.15) is 24.0 Å². The fourth-order valence-corrected chi connectivity index (χ4v) is 3.71. The van der Waals surface area contributed by atoms with Crippen LogP contribution in [0.4, 0.5) is 21.8 Å². The van der Waals surface area contributed by atoms with Crippen molar-refractivity contribution < 1.29 is 9.18 Å². The van der Waals surface area contributed by atoms with Crippen LogP contribution in [-0.2, 0) is 11.3 Å². The highest BCUT2D eigenvalue weighted by molar-refractivity contribution is 5.79. The summed E-state index contributed by atoms with van der Waals surface area (Å²) in [5.41, 5.74) is 2.91. The van der Waals surface area contributed by atoms with Crippen LogP contribution in [0.25, 0.3) is 0 Å². The van der Waals surface area contributed by atoms with E-state index in [0.29, 0.717) is 24.9 Å². The quantitative estimate of drug-likeness (QED) is 0.627. The smallest absolute Gasteiger partial charge is 0.227 e. The molecule has 7 heteroatoms. The van der Waals surface area contributed by atoms with E-state index in [9.17, 15) is 9.18 Å². The molecule has 0 aliphatic carbocycles. The number of anilines is 3. The molecule has 1 aromatic heterocycles. The number of piperidine rings is 1. The Morgan fingerprint density at radius 2 is 2.03 bits per heavy atom. The van der Waals surface area contributed by atoms with Gasteiger partial charge in [0.1, 0.15) is 11.6 Å². The second kappa shape index (κ2) is 9.55. The number of halogens is 1. The summed E-state index contributed by atoms with van der Waals surface area (Å²) in [6, 6.07) is 16.2. The maximum atomic E-state index is 13.3. The Morgan fingerprint density at radius 3 is 2.84 bits per heavy atom. The Morgan fingerprint density at radius 1 is 1.19 bits per heavy atom. The molecule has 0 bridgehead atoms. The first-order chi connectivity index (χ1) is 15.1. The molecule has 2 aromatic carbocycles. The molecule has 2 N–H and O–H groups in total. The summed E-state index contributed by atoms with van der Waals surface area (Å²) < 4.78 is 13.3. The standard InChI is InChI=1S/C24H26FN5O/c1-17-7-9-21(10-8-17)28-22-11-12-26-24(29-22)30-13-3-5-19(16-30)23(31)27-15-18-4-2-6-20(25)14-18/h2,4,6-12,14,19H,3,5,13,15-16H2,1H3,(H,27,31)(H,26,28,29). The van der Waals surface area contributed by atoms with Gasteiger partial charge in [-0.25, -0.2) is 9.37 Å². The van der Waals surface area contributed by atoms with Crippen molar-refractivity contribution in [2.24, 2.45) is 5.92 Å². The molecule has 1 amide bonds. The Bertz CT molecular complexity index is 1040. The third kappa shape index (κ3) is 5.57. The van der Waals surface area contributed by atoms with Crippen LogP contribution in [0.15, 0.2) is 60.8 Å². The number of rotatable bonds is 6. The Hall–Kier alpha value is -3.48. The summed E-state index contributed by atoms with van der Waals surface area (Å²) in [5, 5.41) is 6.23. The highest BCUT2D eigenvalue weighted by Gasteiger charge is 2.27. The molecule has 1 fully saturated rings. The third-order valence-electron chi connectivity index (χ3n) is 5.40. The molecular weight excluding hydrogens is 393 g/mol. The lowest BCUT2D eigenvalue weighted by Gasteiger charge is -2.32. The predicted molar refractivity (Wildman–Crippen MR) is 120 cm³/mol. The molecule has 0 saturated carbocycles. The van der Waals surface area contributed by atoms with Crippen molar-refractivity contribution >= 4 is 23.4 Å². The molecule has 0 spiro atoms. The van der Waals surface area contributed by atoms with E-state index in [1.54, 1.807) is 18.3 Å². The van der Waals surface area contributed by atoms with Gasteiger partial charge in [-0.15, -0.1) is 0 Å². The second-order valence-corrected chi connectivity index (χ2v) is 7.87. The zero-order chi connectivity index (χ0) is 21.6. The number of nitrogens with one attached hydrogen (secondary N) is 2. The monoisotopic (exact) mass is 419 g/mol. The first-order valence-corrected chi connectivity index (χ1v) is 10.5. The fourth-order valence-electron chi connectivity index (χ4n) is 3.71. The van der Waals surface area contributed by atoms with Crippen LogP contribution in [-0.4, -0.2) is 29.0 Å². The van der Waals surface area contributed by atoms with Crippen LogP contribution in [0.3, 0.4) is 0 Å². The largest absolute Gasteiger partial charge is 0.352 e. The predicted octanol–water partition coefficient (Wildman–Crippen LogP) is 4.20. The van der Waals surface area contributed by atoms with Crippen molar-refractivity contribution in [3.63, 3.8) is 0 Å². The van der Waals surface area contributed by atoms with Gasteiger partial charge in [0, 0.05) is 31.5 Å². The van der Waals surface area contributed by atoms with E-state index in [1.165, 1.54) is 17.7 Å². The normalized spacial score (nSPS) is 16.1. The molecule has 31 heavy (non-hydrogen) atoms. The van der Waals surface area contributed by atoms with Crippen LogP contribution < -0.4 is 15.5 Å². The minimum atomic E-state index is -0.299. The van der Waals surface area contributed by atoms with Gasteiger partial charge in [0.05, 0.1) is 5.92 Å². The first kappa shape index (κ1) is 20.8. The van der Waals surface area contributed by atoms with Crippen molar-refractivity contribution in [3.05, 3.63) is 77.7 Å². The molecule has 160 valence electrons. The molecule has 3 aromatic rings. The lowest BCUT2D eigenvalue weighted by atomic mass is 9.97. The summed E-state index contributed by atoms with van der Waals surface area (Å²) in [5.74, 6) is 0.848. The molecule has 1 saturated heterocycles. The number of aryl methyl sites for hydroxylation is 1. The zero-order valence-corrected chi connectivity index (χ0v) is 17.5. The number of benzene rings is 2. The number of hydrogen-bond acceptors (Lipinski definition) is 5. The zero-order valence-electron chi connectivity index (χ0n) is 17.5. The van der Waals surface area contributed by atoms with Gasteiger partial charge in [-0.2, -0.15) is 4.98 Å². The Balaban J connectivity index is 1.37. The Labute approximate surface area is 181 Å². The van der Waals surface area contributed by atoms with Gasteiger partial charge < -0.3 is 15.5 Å². The average Bonchev–Trinajstić information content (AvgIpc) is 2.79. The van der Waals surface area contributed by atoms with E-state index in [1.807, 2.05) is 37.3 Å². The van der Waals surface area contributed by atoms with E-state index < -0.39 is 0 Å². The van der Waals surface area contributed by atoms with E-state index in [4.69, 9.17) is 0 Å². The van der Waals surface area contributed by atoms with Crippen molar-refractivity contribution in [1.82, 2.24) is 15.3 Å². The molecule has 1 aliphatic rings. The number of aromatic nitrogens is 2. The maximum absolute atomic E-state index is 13.3. The van der Waals surface area contributed by atoms with Crippen molar-refractivity contribution in [3.8, 4) is 0 Å². The topological polar surface area (TPSA) is 70.2 Å². The lowest BCUT2D eigenvalue weighted by Crippen LogP contribution is -2.43. The lowest BCUT2D eigenvalue weighted by molar-refractivity contribution is -0.125. The molecule has 1 unspecified atom stereocenters. The summed E-state index contributed by atoms with van der Waals surface area (Å²) in [7, 11) is 0. The number of carbonyl (C=O) groups is 1. The van der Waals surface area contributed by atoms with Crippen LogP contribution in [0, 0.1) is 18.7 Å². The summed E-state index contributed by atoms with van der Waals surface area (Å²) in [4.78, 5) is 23.8. The molecular formula is C24H26FN5O. The molecule has 2 heterocycles. The number of hydrogen-bond donors (Lipinski definition) is 2. The minimum absolute atomic E-state index is 0.0251. The van der Waals surface area contributed by atoms with E-state index >= 15 is 0 Å². The van der Waals surface area contributed by atoms with Gasteiger partial charge in [0.2, 0.25) is 11.9 Å². The molecule has 6 nitrogen and oxygen atoms in total. The van der Waals surface area contributed by atoms with Gasteiger partial charge in [-0.05, 0) is 55.7 Å². The van der Waals surface area contributed by atoms with Crippen LogP contribution >= 0.6 is 0 Å². The number of carbonyl (C=O) groups excluding carboxylic acids is 1. The fraction of sp³-hybridized carbons (Fsp3) is 0.292. The van der Waals surface area contributed by atoms with Gasteiger partial charge in [0.15, 0.2) is 0 Å². The van der Waals surface area contributed by atoms with Gasteiger partial charge in [0.25, 0.3) is 0 Å². The van der Waals surface area contributed by atoms with E-state index in [-0.39, 0.29) is 17.6 Å². The third-order valence-corrected chi connectivity index (χ3v) is 5.40. The highest BCUT2D eigenvalue weighted by Crippen LogP contribution is 2.23. The second-order valence-electron chi connectivity index (χ2n) is 7.87. The maximum Gasteiger partial charge on any atom is 0.227 e. The number of nitrogens with zero attached hydrogens (tertiary/aromatic N) is 3. The summed E-state index contributed by atoms with van der Waals surface area (Å²) in [6.07, 6.45) is 3.43. The molecule has 1 aliphatic heterocycles. The van der Waals surface area contributed by atoms with E-state index in [2.05, 4.69) is 25.5 Å². The minimum Gasteiger partial charge on any atom is -0.352 e. The first-order valence-electron chi connectivity index (χ1n) is 10.5. The molecule has 0 radical (unpaired) electrons. The van der Waals surface area contributed by atoms with Crippen molar-refractivity contribution in [1.29, 1.82) is 0 Å². The molecule has 4 rings (SSSR count). The van der Waals surface area contributed by atoms with E-state index in [0.717, 1.165) is 30.6 Å². The highest BCUT2D eigenvalue weighted by atomic mass is 19.1. The van der Waals surface area contributed by atoms with Gasteiger partial charge >= 0.3 is 0 Å².